The van der Waals surface area contributed by atoms with E-state index < -0.39 is 0 Å². The second kappa shape index (κ2) is 2.09. The maximum Gasteiger partial charge on any atom is 0.142 e. The van der Waals surface area contributed by atoms with E-state index in [1.54, 1.807) is 0 Å². The molecule has 0 bridgehead atoms. The molecule has 0 saturated carbocycles. The van der Waals surface area contributed by atoms with Crippen molar-refractivity contribution in [2.75, 3.05) is 13.6 Å². The Hall–Kier alpha value is -0.830. The first-order valence-electron chi connectivity index (χ1n) is 3.47. The highest BCUT2D eigenvalue weighted by Gasteiger charge is 2.15. The minimum atomic E-state index is 0.985. The van der Waals surface area contributed by atoms with Crippen LogP contribution in [0.4, 0.5) is 0 Å². The van der Waals surface area contributed by atoms with Crippen molar-refractivity contribution in [2.24, 2.45) is 0 Å². The van der Waals surface area contributed by atoms with E-state index in [2.05, 4.69) is 17.1 Å². The molecule has 0 aromatic carbocycles. The van der Waals surface area contributed by atoms with Gasteiger partial charge in [-0.05, 0) is 7.05 Å². The summed E-state index contributed by atoms with van der Waals surface area (Å²) in [5, 5.41) is 3.74. The lowest BCUT2D eigenvalue weighted by molar-refractivity contribution is 0.281. The van der Waals surface area contributed by atoms with Gasteiger partial charge in [-0.3, -0.25) is 0 Å². The smallest absolute Gasteiger partial charge is 0.142 e. The normalized spacial score (nSPS) is 18.9. The number of hydrogen-bond donors (Lipinski definition) is 0. The van der Waals surface area contributed by atoms with Gasteiger partial charge in [0.15, 0.2) is 0 Å². The average Bonchev–Trinajstić information content (AvgIpc) is 2.33. The molecule has 0 N–H and O–H groups in total. The molecule has 1 aromatic rings. The van der Waals surface area contributed by atoms with Gasteiger partial charge in [-0.1, -0.05) is 5.16 Å². The first-order chi connectivity index (χ1) is 4.86. The van der Waals surface area contributed by atoms with Crippen molar-refractivity contribution in [3.63, 3.8) is 0 Å². The van der Waals surface area contributed by atoms with E-state index in [0.717, 1.165) is 25.3 Å². The van der Waals surface area contributed by atoms with Crippen molar-refractivity contribution >= 4 is 0 Å². The molecule has 0 aliphatic carbocycles. The van der Waals surface area contributed by atoms with Crippen LogP contribution in [-0.4, -0.2) is 23.6 Å². The lowest BCUT2D eigenvalue weighted by Gasteiger charge is -2.19. The van der Waals surface area contributed by atoms with Gasteiger partial charge in [0.05, 0.1) is 6.20 Å². The fourth-order valence-electron chi connectivity index (χ4n) is 1.28. The molecule has 0 radical (unpaired) electrons. The molecule has 0 spiro atoms. The predicted octanol–water partition coefficient (Wildman–Crippen LogP) is 0.662. The van der Waals surface area contributed by atoms with Gasteiger partial charge in [0.1, 0.15) is 5.76 Å². The second-order valence-corrected chi connectivity index (χ2v) is 2.76. The van der Waals surface area contributed by atoms with E-state index in [0.29, 0.717) is 0 Å². The Labute approximate surface area is 59.6 Å². The van der Waals surface area contributed by atoms with Crippen molar-refractivity contribution < 1.29 is 4.52 Å². The van der Waals surface area contributed by atoms with E-state index in [4.69, 9.17) is 4.52 Å². The summed E-state index contributed by atoms with van der Waals surface area (Å²) >= 11 is 0. The number of aromatic nitrogens is 1. The zero-order valence-electron chi connectivity index (χ0n) is 6.00. The molecule has 54 valence electrons. The topological polar surface area (TPSA) is 29.3 Å². The van der Waals surface area contributed by atoms with Crippen LogP contribution >= 0.6 is 0 Å². The lowest BCUT2D eigenvalue weighted by atomic mass is 10.1. The molecule has 2 rings (SSSR count). The molecule has 1 aliphatic rings. The molecule has 3 heteroatoms. The fourth-order valence-corrected chi connectivity index (χ4v) is 1.28. The summed E-state index contributed by atoms with van der Waals surface area (Å²) < 4.78 is 5.03. The van der Waals surface area contributed by atoms with Crippen molar-refractivity contribution in [2.45, 2.75) is 13.0 Å². The molecular formula is C7H10N2O. The first kappa shape index (κ1) is 5.92. The molecule has 2 heterocycles. The van der Waals surface area contributed by atoms with Gasteiger partial charge in [-0.2, -0.15) is 0 Å². The zero-order chi connectivity index (χ0) is 6.97. The predicted molar refractivity (Wildman–Crippen MR) is 36.5 cm³/mol. The third-order valence-electron chi connectivity index (χ3n) is 1.89. The summed E-state index contributed by atoms with van der Waals surface area (Å²) in [4.78, 5) is 2.26. The van der Waals surface area contributed by atoms with Crippen LogP contribution in [0.2, 0.25) is 0 Å². The Morgan fingerprint density at radius 1 is 1.70 bits per heavy atom. The van der Waals surface area contributed by atoms with Crippen LogP contribution in [-0.2, 0) is 13.0 Å². The van der Waals surface area contributed by atoms with Gasteiger partial charge >= 0.3 is 0 Å². The highest BCUT2D eigenvalue weighted by molar-refractivity contribution is 5.15. The molecule has 0 fully saturated rings. The molecule has 0 unspecified atom stereocenters. The van der Waals surface area contributed by atoms with Gasteiger partial charge in [-0.25, -0.2) is 0 Å². The fraction of sp³-hybridized carbons (Fsp3) is 0.571. The summed E-state index contributed by atoms with van der Waals surface area (Å²) in [5.74, 6) is 1.07. The van der Waals surface area contributed by atoms with Crippen LogP contribution in [0.1, 0.15) is 11.3 Å². The summed E-state index contributed by atoms with van der Waals surface area (Å²) in [6.45, 7) is 2.07. The SMILES string of the molecule is CN1CCc2oncc2C1. The standard InChI is InChI=1S/C7H10N2O/c1-9-3-2-7-6(5-9)4-8-10-7/h4H,2-3,5H2,1H3. The number of rotatable bonds is 0. The molecule has 1 aliphatic heterocycles. The molecule has 1 aromatic heterocycles. The van der Waals surface area contributed by atoms with Crippen LogP contribution in [0, 0.1) is 0 Å². The van der Waals surface area contributed by atoms with E-state index in [1.807, 2.05) is 6.20 Å². The summed E-state index contributed by atoms with van der Waals surface area (Å²) in [5.41, 5.74) is 1.24. The molecule has 0 amide bonds. The third-order valence-corrected chi connectivity index (χ3v) is 1.89. The van der Waals surface area contributed by atoms with Crippen molar-refractivity contribution in [1.82, 2.24) is 10.1 Å². The summed E-state index contributed by atoms with van der Waals surface area (Å²) in [7, 11) is 2.11. The van der Waals surface area contributed by atoms with Gasteiger partial charge in [0, 0.05) is 25.1 Å². The van der Waals surface area contributed by atoms with Gasteiger partial charge in [-0.15, -0.1) is 0 Å². The first-order valence-corrected chi connectivity index (χ1v) is 3.47. The third kappa shape index (κ3) is 0.827. The Kier molecular flexibility index (Phi) is 1.24. The molecule has 10 heavy (non-hydrogen) atoms. The maximum atomic E-state index is 5.03. The maximum absolute atomic E-state index is 5.03. The van der Waals surface area contributed by atoms with Gasteiger partial charge < -0.3 is 9.42 Å². The van der Waals surface area contributed by atoms with Crippen LogP contribution in [0.3, 0.4) is 0 Å². The Morgan fingerprint density at radius 3 is 3.50 bits per heavy atom. The molecule has 3 nitrogen and oxygen atoms in total. The number of likely N-dealkylation sites (N-methyl/N-ethyl adjacent to an activating group) is 1. The van der Waals surface area contributed by atoms with E-state index in [1.165, 1.54) is 5.56 Å². The Morgan fingerprint density at radius 2 is 2.60 bits per heavy atom. The Balaban J connectivity index is 2.30. The molecular weight excluding hydrogens is 128 g/mol. The van der Waals surface area contributed by atoms with Crippen molar-refractivity contribution in [3.05, 3.63) is 17.5 Å². The van der Waals surface area contributed by atoms with Crippen molar-refractivity contribution in [1.29, 1.82) is 0 Å². The summed E-state index contributed by atoms with van der Waals surface area (Å²) in [6.07, 6.45) is 2.82. The van der Waals surface area contributed by atoms with Crippen LogP contribution < -0.4 is 0 Å². The van der Waals surface area contributed by atoms with Gasteiger partial charge in [0.25, 0.3) is 0 Å². The number of nitrogens with zero attached hydrogens (tertiary/aromatic N) is 2. The quantitative estimate of drug-likeness (QED) is 0.527. The second-order valence-electron chi connectivity index (χ2n) is 2.76. The minimum Gasteiger partial charge on any atom is -0.361 e. The van der Waals surface area contributed by atoms with Crippen molar-refractivity contribution in [3.8, 4) is 0 Å². The average molecular weight is 138 g/mol. The Bertz CT molecular complexity index is 231. The van der Waals surface area contributed by atoms with Crippen LogP contribution in [0.25, 0.3) is 0 Å². The van der Waals surface area contributed by atoms with Gasteiger partial charge in [0.2, 0.25) is 0 Å². The van der Waals surface area contributed by atoms with Crippen LogP contribution in [0.15, 0.2) is 10.7 Å². The monoisotopic (exact) mass is 138 g/mol. The molecule has 0 atom stereocenters. The molecule has 0 saturated heterocycles. The number of hydrogen-bond acceptors (Lipinski definition) is 3. The highest BCUT2D eigenvalue weighted by Crippen LogP contribution is 2.15. The largest absolute Gasteiger partial charge is 0.361 e. The minimum absolute atomic E-state index is 0.985. The van der Waals surface area contributed by atoms with E-state index >= 15 is 0 Å². The lowest BCUT2D eigenvalue weighted by Crippen LogP contribution is -2.25. The zero-order valence-corrected chi connectivity index (χ0v) is 6.00. The summed E-state index contributed by atoms with van der Waals surface area (Å²) in [6, 6.07) is 0. The van der Waals surface area contributed by atoms with E-state index in [9.17, 15) is 0 Å². The van der Waals surface area contributed by atoms with E-state index in [-0.39, 0.29) is 0 Å². The van der Waals surface area contributed by atoms with Crippen LogP contribution in [0.5, 0.6) is 0 Å². The number of fused-ring (bicyclic) bond motifs is 1. The highest BCUT2D eigenvalue weighted by atomic mass is 16.5.